The van der Waals surface area contributed by atoms with Gasteiger partial charge in [0.2, 0.25) is 0 Å². The van der Waals surface area contributed by atoms with Crippen LogP contribution < -0.4 is 9.47 Å². The van der Waals surface area contributed by atoms with Crippen LogP contribution in [0.25, 0.3) is 11.1 Å². The monoisotopic (exact) mass is 699 g/mol. The molecule has 0 aliphatic heterocycles. The number of nitrogens with zero attached hydrogens (tertiary/aromatic N) is 5. The molecule has 0 aromatic heterocycles. The van der Waals surface area contributed by atoms with Gasteiger partial charge in [-0.3, -0.25) is 50.6 Å². The number of halogens is 6. The Bertz CT molecular complexity index is 1980. The summed E-state index contributed by atoms with van der Waals surface area (Å²) in [6.45, 7) is 0. The summed E-state index contributed by atoms with van der Waals surface area (Å²) >= 11 is 0. The van der Waals surface area contributed by atoms with Crippen molar-refractivity contribution in [2.24, 2.45) is 0 Å². The van der Waals surface area contributed by atoms with Gasteiger partial charge in [0.05, 0.1) is 47.4 Å². The van der Waals surface area contributed by atoms with Crippen molar-refractivity contribution >= 4 is 28.4 Å². The summed E-state index contributed by atoms with van der Waals surface area (Å²) in [6, 6.07) is 6.70. The second-order valence-electron chi connectivity index (χ2n) is 9.38. The summed E-state index contributed by atoms with van der Waals surface area (Å²) in [5.41, 5.74) is -10.2. The maximum Gasteiger partial charge on any atom is 0.416 e. The summed E-state index contributed by atoms with van der Waals surface area (Å²) in [5, 5.41) is 57.8. The Morgan fingerprint density at radius 2 is 0.776 bits per heavy atom. The Labute approximate surface area is 264 Å². The zero-order chi connectivity index (χ0) is 36.6. The zero-order valence-electron chi connectivity index (χ0n) is 23.3. The van der Waals surface area contributed by atoms with Gasteiger partial charge in [0.1, 0.15) is 11.5 Å². The Morgan fingerprint density at radius 3 is 1.10 bits per heavy atom. The number of hydrogen-bond donors (Lipinski definition) is 0. The predicted molar refractivity (Wildman–Crippen MR) is 148 cm³/mol. The molecule has 0 fully saturated rings. The Hall–Kier alpha value is -6.94. The molecule has 17 nitrogen and oxygen atoms in total. The predicted octanol–water partition coefficient (Wildman–Crippen LogP) is 8.52. The maximum absolute atomic E-state index is 13.2. The lowest BCUT2D eigenvalue weighted by atomic mass is 10.0. The fourth-order valence-electron chi connectivity index (χ4n) is 4.18. The summed E-state index contributed by atoms with van der Waals surface area (Å²) in [7, 11) is 0. The molecule has 4 aromatic carbocycles. The summed E-state index contributed by atoms with van der Waals surface area (Å²) < 4.78 is 89.5. The lowest BCUT2D eigenvalue weighted by molar-refractivity contribution is -0.396. The second-order valence-corrected chi connectivity index (χ2v) is 9.38. The molecule has 0 saturated heterocycles. The molecule has 4 aromatic rings. The molecule has 0 N–H and O–H groups in total. The van der Waals surface area contributed by atoms with Gasteiger partial charge < -0.3 is 9.47 Å². The Kier molecular flexibility index (Phi) is 9.04. The van der Waals surface area contributed by atoms with Gasteiger partial charge in [-0.1, -0.05) is 12.1 Å². The van der Waals surface area contributed by atoms with E-state index in [9.17, 15) is 76.9 Å². The number of nitro benzene ring substituents is 5. The highest BCUT2D eigenvalue weighted by molar-refractivity contribution is 5.76. The van der Waals surface area contributed by atoms with Crippen molar-refractivity contribution in [2.75, 3.05) is 0 Å². The fraction of sp³-hybridized carbons (Fsp3) is 0.0769. The summed E-state index contributed by atoms with van der Waals surface area (Å²) in [6.07, 6.45) is -10.4. The molecule has 254 valence electrons. The minimum absolute atomic E-state index is 0.0199. The topological polar surface area (TPSA) is 234 Å². The number of ether oxygens (including phenoxy) is 2. The summed E-state index contributed by atoms with van der Waals surface area (Å²) in [4.78, 5) is 51.3. The molecule has 0 aliphatic carbocycles. The standard InChI is InChI=1S/C26H11F6N5O12/c27-25(28,29)13-7-19(34(40)41)23(20(8-13)35(42)43)48-15-3-1-12(2-4-15)17-6-5-16(11-18(17)33(38)39)49-24-21(36(44)45)9-14(26(30,31)32)10-22(24)37(46)47/h1-11H. The van der Waals surface area contributed by atoms with Crippen LogP contribution in [0.15, 0.2) is 66.7 Å². The highest BCUT2D eigenvalue weighted by atomic mass is 19.4. The third-order valence-electron chi connectivity index (χ3n) is 6.31. The van der Waals surface area contributed by atoms with Gasteiger partial charge >= 0.3 is 35.1 Å². The second kappa shape index (κ2) is 12.7. The van der Waals surface area contributed by atoms with Gasteiger partial charge in [0.25, 0.3) is 17.2 Å². The van der Waals surface area contributed by atoms with Crippen molar-refractivity contribution in [1.29, 1.82) is 0 Å². The van der Waals surface area contributed by atoms with Gasteiger partial charge in [-0.05, 0) is 29.8 Å². The van der Waals surface area contributed by atoms with Crippen LogP contribution in [0.4, 0.5) is 54.8 Å². The average Bonchev–Trinajstić information content (AvgIpc) is 2.99. The van der Waals surface area contributed by atoms with E-state index in [2.05, 4.69) is 0 Å². The van der Waals surface area contributed by atoms with Gasteiger partial charge in [0.15, 0.2) is 0 Å². The van der Waals surface area contributed by atoms with Crippen LogP contribution in [-0.4, -0.2) is 24.6 Å². The number of hydrogen-bond acceptors (Lipinski definition) is 12. The van der Waals surface area contributed by atoms with Crippen LogP contribution >= 0.6 is 0 Å². The first-order valence-electron chi connectivity index (χ1n) is 12.5. The van der Waals surface area contributed by atoms with Crippen molar-refractivity contribution in [2.45, 2.75) is 12.4 Å². The largest absolute Gasteiger partial charge is 0.444 e. The molecule has 0 spiro atoms. The van der Waals surface area contributed by atoms with Crippen molar-refractivity contribution < 1.29 is 60.4 Å². The van der Waals surface area contributed by atoms with Gasteiger partial charge in [0, 0.05) is 24.3 Å². The molecule has 0 aliphatic rings. The zero-order valence-corrected chi connectivity index (χ0v) is 23.3. The van der Waals surface area contributed by atoms with Crippen LogP contribution in [0.3, 0.4) is 0 Å². The van der Waals surface area contributed by atoms with E-state index < -0.39 is 99.5 Å². The quantitative estimate of drug-likeness (QED) is 0.0860. The van der Waals surface area contributed by atoms with Crippen LogP contribution in [-0.2, 0) is 12.4 Å². The van der Waals surface area contributed by atoms with Crippen LogP contribution in [0.5, 0.6) is 23.0 Å². The Balaban J connectivity index is 1.73. The smallest absolute Gasteiger partial charge is 0.416 e. The molecule has 4 rings (SSSR count). The third-order valence-corrected chi connectivity index (χ3v) is 6.31. The Morgan fingerprint density at radius 1 is 0.449 bits per heavy atom. The number of rotatable bonds is 10. The lowest BCUT2D eigenvalue weighted by Crippen LogP contribution is -2.08. The fourth-order valence-corrected chi connectivity index (χ4v) is 4.18. The first-order valence-corrected chi connectivity index (χ1v) is 12.5. The van der Waals surface area contributed by atoms with Gasteiger partial charge in [-0.25, -0.2) is 0 Å². The van der Waals surface area contributed by atoms with E-state index in [1.54, 1.807) is 0 Å². The molecular weight excluding hydrogens is 688 g/mol. The normalized spacial score (nSPS) is 11.5. The molecular formula is C26H11F6N5O12. The van der Waals surface area contributed by atoms with Crippen molar-refractivity contribution in [3.63, 3.8) is 0 Å². The van der Waals surface area contributed by atoms with Crippen molar-refractivity contribution in [1.82, 2.24) is 0 Å². The maximum atomic E-state index is 13.2. The molecule has 0 radical (unpaired) electrons. The first kappa shape index (κ1) is 34.9. The number of alkyl halides is 6. The molecule has 0 atom stereocenters. The molecule has 49 heavy (non-hydrogen) atoms. The van der Waals surface area contributed by atoms with Crippen LogP contribution in [0.2, 0.25) is 0 Å². The minimum atomic E-state index is -5.23. The first-order chi connectivity index (χ1) is 22.7. The van der Waals surface area contributed by atoms with Crippen LogP contribution in [0, 0.1) is 50.6 Å². The van der Waals surface area contributed by atoms with Gasteiger partial charge in [-0.15, -0.1) is 0 Å². The van der Waals surface area contributed by atoms with E-state index in [4.69, 9.17) is 9.47 Å². The molecule has 0 saturated carbocycles. The van der Waals surface area contributed by atoms with E-state index in [0.717, 1.165) is 36.4 Å². The van der Waals surface area contributed by atoms with Crippen molar-refractivity contribution in [3.05, 3.63) is 128 Å². The van der Waals surface area contributed by atoms with Crippen LogP contribution in [0.1, 0.15) is 11.1 Å². The van der Waals surface area contributed by atoms with E-state index >= 15 is 0 Å². The lowest BCUT2D eigenvalue weighted by Gasteiger charge is -2.12. The highest BCUT2D eigenvalue weighted by Crippen LogP contribution is 2.47. The molecule has 0 unspecified atom stereocenters. The van der Waals surface area contributed by atoms with Crippen molar-refractivity contribution in [3.8, 4) is 34.1 Å². The number of benzene rings is 4. The molecule has 0 heterocycles. The molecule has 23 heteroatoms. The third kappa shape index (κ3) is 7.39. The van der Waals surface area contributed by atoms with E-state index in [1.165, 1.54) is 0 Å². The van der Waals surface area contributed by atoms with E-state index in [-0.39, 0.29) is 35.4 Å². The SMILES string of the molecule is O=[N+]([O-])c1cc(Oc2c([N+](=O)[O-])cc(C(F)(F)F)cc2[N+](=O)[O-])ccc1-c1ccc(Oc2c([N+](=O)[O-])cc(C(F)(F)F)cc2[N+](=O)[O-])cc1. The molecule has 0 bridgehead atoms. The minimum Gasteiger partial charge on any atom is -0.444 e. The van der Waals surface area contributed by atoms with E-state index in [0.29, 0.717) is 6.07 Å². The average molecular weight is 699 g/mol. The highest BCUT2D eigenvalue weighted by Gasteiger charge is 2.40. The van der Waals surface area contributed by atoms with E-state index in [1.807, 2.05) is 0 Å². The summed E-state index contributed by atoms with van der Waals surface area (Å²) in [5.74, 6) is -3.48. The molecule has 0 amide bonds. The number of nitro groups is 5. The van der Waals surface area contributed by atoms with Gasteiger partial charge in [-0.2, -0.15) is 26.3 Å².